The fourth-order valence-corrected chi connectivity index (χ4v) is 1.08. The number of nitro benzene ring substituents is 1. The van der Waals surface area contributed by atoms with Crippen molar-refractivity contribution in [2.24, 2.45) is 0 Å². The molecule has 1 N–H and O–H groups in total. The highest BCUT2D eigenvalue weighted by molar-refractivity contribution is 7.80. The monoisotopic (exact) mass is 269 g/mol. The second-order valence-electron chi connectivity index (χ2n) is 3.01. The average Bonchev–Trinajstić information content (AvgIpc) is 2.36. The number of aliphatic hydroxyl groups excluding tert-OH is 1. The maximum atomic E-state index is 10.5. The Bertz CT molecular complexity index is 429. The van der Waals surface area contributed by atoms with Crippen molar-refractivity contribution < 1.29 is 14.8 Å². The van der Waals surface area contributed by atoms with Gasteiger partial charge >= 0.3 is 0 Å². The van der Waals surface area contributed by atoms with E-state index < -0.39 is 11.5 Å². The van der Waals surface area contributed by atoms with Gasteiger partial charge in [0, 0.05) is 6.07 Å². The molecule has 0 heterocycles. The SMILES string of the molecule is C#CCOc1ccc([N+](=O)[O-])c(CO)c1.CCS. The van der Waals surface area contributed by atoms with Crippen LogP contribution < -0.4 is 4.74 Å². The molecule has 0 fully saturated rings. The third-order valence-corrected chi connectivity index (χ3v) is 1.74. The van der Waals surface area contributed by atoms with Gasteiger partial charge in [-0.25, -0.2) is 0 Å². The van der Waals surface area contributed by atoms with Crippen molar-refractivity contribution in [2.45, 2.75) is 13.5 Å². The first-order valence-electron chi connectivity index (χ1n) is 5.15. The molecule has 18 heavy (non-hydrogen) atoms. The first-order chi connectivity index (χ1) is 8.60. The molecule has 1 rings (SSSR count). The van der Waals surface area contributed by atoms with E-state index in [1.165, 1.54) is 18.2 Å². The van der Waals surface area contributed by atoms with Crippen LogP contribution in [0.5, 0.6) is 5.75 Å². The molecule has 0 aliphatic carbocycles. The number of thiol groups is 1. The molecule has 1 aromatic rings. The topological polar surface area (TPSA) is 72.6 Å². The van der Waals surface area contributed by atoms with Gasteiger partial charge in [0.2, 0.25) is 0 Å². The van der Waals surface area contributed by atoms with E-state index in [0.717, 1.165) is 5.75 Å². The fourth-order valence-electron chi connectivity index (χ4n) is 1.08. The van der Waals surface area contributed by atoms with Crippen molar-refractivity contribution in [3.8, 4) is 18.1 Å². The smallest absolute Gasteiger partial charge is 0.275 e. The zero-order valence-corrected chi connectivity index (χ0v) is 10.9. The van der Waals surface area contributed by atoms with Crippen molar-refractivity contribution in [1.82, 2.24) is 0 Å². The number of terminal acetylenes is 1. The van der Waals surface area contributed by atoms with Gasteiger partial charge in [0.05, 0.1) is 17.1 Å². The van der Waals surface area contributed by atoms with Gasteiger partial charge in [-0.15, -0.1) is 6.42 Å². The predicted octanol–water partition coefficient (Wildman–Crippen LogP) is 2.04. The third kappa shape index (κ3) is 5.57. The Morgan fingerprint density at radius 3 is 2.67 bits per heavy atom. The minimum atomic E-state index is -0.559. The number of aliphatic hydroxyl groups is 1. The highest BCUT2D eigenvalue weighted by atomic mass is 32.1. The molecule has 0 aliphatic rings. The normalized spacial score (nSPS) is 8.78. The lowest BCUT2D eigenvalue weighted by atomic mass is 10.2. The molecule has 1 aromatic carbocycles. The van der Waals surface area contributed by atoms with E-state index in [9.17, 15) is 10.1 Å². The van der Waals surface area contributed by atoms with E-state index in [4.69, 9.17) is 16.3 Å². The number of rotatable bonds is 4. The van der Waals surface area contributed by atoms with E-state index in [0.29, 0.717) is 5.75 Å². The minimum Gasteiger partial charge on any atom is -0.481 e. The molecule has 6 heteroatoms. The Kier molecular flexibility index (Phi) is 8.45. The lowest BCUT2D eigenvalue weighted by Crippen LogP contribution is -1.98. The van der Waals surface area contributed by atoms with Crippen LogP contribution in [0.3, 0.4) is 0 Å². The van der Waals surface area contributed by atoms with E-state index in [1.807, 2.05) is 6.92 Å². The number of hydrogen-bond acceptors (Lipinski definition) is 5. The molecular weight excluding hydrogens is 254 g/mol. The van der Waals surface area contributed by atoms with E-state index >= 15 is 0 Å². The van der Waals surface area contributed by atoms with Gasteiger partial charge in [-0.3, -0.25) is 10.1 Å². The van der Waals surface area contributed by atoms with Gasteiger partial charge in [0.15, 0.2) is 0 Å². The highest BCUT2D eigenvalue weighted by Gasteiger charge is 2.13. The Morgan fingerprint density at radius 2 is 2.22 bits per heavy atom. The summed E-state index contributed by atoms with van der Waals surface area (Å²) >= 11 is 3.79. The Morgan fingerprint density at radius 1 is 1.61 bits per heavy atom. The summed E-state index contributed by atoms with van der Waals surface area (Å²) in [7, 11) is 0. The molecule has 0 bridgehead atoms. The summed E-state index contributed by atoms with van der Waals surface area (Å²) in [5.41, 5.74) is 0.0695. The first kappa shape index (κ1) is 16.3. The molecule has 0 radical (unpaired) electrons. The van der Waals surface area contributed by atoms with Crippen molar-refractivity contribution >= 4 is 18.3 Å². The predicted molar refractivity (Wildman–Crippen MR) is 72.9 cm³/mol. The van der Waals surface area contributed by atoms with Gasteiger partial charge < -0.3 is 9.84 Å². The average molecular weight is 269 g/mol. The Hall–Kier alpha value is -1.71. The maximum Gasteiger partial charge on any atom is 0.275 e. The van der Waals surface area contributed by atoms with Gasteiger partial charge in [0.25, 0.3) is 5.69 Å². The lowest BCUT2D eigenvalue weighted by molar-refractivity contribution is -0.385. The Balaban J connectivity index is 0.000000873. The number of nitro groups is 1. The molecule has 0 amide bonds. The minimum absolute atomic E-state index is 0.0860. The Labute approximate surface area is 111 Å². The summed E-state index contributed by atoms with van der Waals surface area (Å²) in [5.74, 6) is 3.62. The molecule has 0 saturated carbocycles. The quantitative estimate of drug-likeness (QED) is 0.380. The van der Waals surface area contributed by atoms with Crippen LogP contribution in [-0.2, 0) is 6.61 Å². The van der Waals surface area contributed by atoms with Gasteiger partial charge in [-0.05, 0) is 17.9 Å². The van der Waals surface area contributed by atoms with Crippen molar-refractivity contribution in [2.75, 3.05) is 12.4 Å². The molecule has 0 aromatic heterocycles. The highest BCUT2D eigenvalue weighted by Crippen LogP contribution is 2.23. The maximum absolute atomic E-state index is 10.5. The molecule has 0 atom stereocenters. The fraction of sp³-hybridized carbons (Fsp3) is 0.333. The van der Waals surface area contributed by atoms with E-state index in [1.54, 1.807) is 0 Å². The van der Waals surface area contributed by atoms with Crippen LogP contribution in [0.1, 0.15) is 12.5 Å². The van der Waals surface area contributed by atoms with E-state index in [-0.39, 0.29) is 17.9 Å². The number of ether oxygens (including phenoxy) is 1. The van der Waals surface area contributed by atoms with Crippen LogP contribution in [0.25, 0.3) is 0 Å². The standard InChI is InChI=1S/C10H9NO4.C2H6S/c1-2-5-15-9-3-4-10(11(13)14)8(6-9)7-12;1-2-3/h1,3-4,6,12H,5,7H2;3H,2H2,1H3. The first-order valence-corrected chi connectivity index (χ1v) is 5.79. The lowest BCUT2D eigenvalue weighted by Gasteiger charge is -2.04. The van der Waals surface area contributed by atoms with Crippen molar-refractivity contribution in [3.63, 3.8) is 0 Å². The molecule has 0 aliphatic heterocycles. The van der Waals surface area contributed by atoms with Gasteiger partial charge in [-0.1, -0.05) is 12.8 Å². The molecule has 5 nitrogen and oxygen atoms in total. The zero-order valence-electron chi connectivity index (χ0n) is 10.00. The summed E-state index contributed by atoms with van der Waals surface area (Å²) in [5, 5.41) is 19.4. The van der Waals surface area contributed by atoms with Crippen LogP contribution in [0.2, 0.25) is 0 Å². The molecule has 0 spiro atoms. The van der Waals surface area contributed by atoms with Gasteiger partial charge in [0.1, 0.15) is 12.4 Å². The van der Waals surface area contributed by atoms with Crippen molar-refractivity contribution in [1.29, 1.82) is 0 Å². The number of nitrogens with zero attached hydrogens (tertiary/aromatic N) is 1. The molecular formula is C12H15NO4S. The zero-order chi connectivity index (χ0) is 14.0. The third-order valence-electron chi connectivity index (χ3n) is 1.74. The van der Waals surface area contributed by atoms with Crippen LogP contribution in [-0.4, -0.2) is 22.4 Å². The number of benzene rings is 1. The van der Waals surface area contributed by atoms with Crippen LogP contribution >= 0.6 is 12.6 Å². The van der Waals surface area contributed by atoms with E-state index in [2.05, 4.69) is 18.5 Å². The van der Waals surface area contributed by atoms with Gasteiger partial charge in [-0.2, -0.15) is 12.6 Å². The van der Waals surface area contributed by atoms with Crippen LogP contribution in [0.4, 0.5) is 5.69 Å². The van der Waals surface area contributed by atoms with Crippen LogP contribution in [0.15, 0.2) is 18.2 Å². The number of hydrogen-bond donors (Lipinski definition) is 2. The molecule has 0 unspecified atom stereocenters. The molecule has 0 saturated heterocycles. The summed E-state index contributed by atoms with van der Waals surface area (Å²) < 4.78 is 5.06. The summed E-state index contributed by atoms with van der Waals surface area (Å²) in [4.78, 5) is 9.97. The molecule has 98 valence electrons. The second kappa shape index (κ2) is 9.33. The summed E-state index contributed by atoms with van der Waals surface area (Å²) in [6, 6.07) is 4.11. The van der Waals surface area contributed by atoms with Crippen molar-refractivity contribution in [3.05, 3.63) is 33.9 Å². The summed E-state index contributed by atoms with van der Waals surface area (Å²) in [6.07, 6.45) is 4.99. The second-order valence-corrected chi connectivity index (χ2v) is 3.65. The summed E-state index contributed by atoms with van der Waals surface area (Å²) in [6.45, 7) is 1.66. The largest absolute Gasteiger partial charge is 0.481 e. The van der Waals surface area contributed by atoms with Crippen LogP contribution in [0, 0.1) is 22.5 Å².